The van der Waals surface area contributed by atoms with E-state index in [1.54, 1.807) is 0 Å². The van der Waals surface area contributed by atoms with Crippen LogP contribution in [0.4, 0.5) is 0 Å². The zero-order valence-electron chi connectivity index (χ0n) is 29.8. The minimum absolute atomic E-state index is 0.325. The number of nitrogens with zero attached hydrogens (tertiary/aromatic N) is 2. The van der Waals surface area contributed by atoms with Crippen LogP contribution >= 0.6 is 0 Å². The molecule has 11 rings (SSSR count). The van der Waals surface area contributed by atoms with Crippen LogP contribution in [0.1, 0.15) is 22.9 Å². The molecule has 0 bridgehead atoms. The Morgan fingerprint density at radius 1 is 0.418 bits per heavy atom. The van der Waals surface area contributed by atoms with E-state index in [4.69, 9.17) is 14.4 Å². The third kappa shape index (κ3) is 5.46. The molecule has 1 aliphatic rings. The zero-order valence-corrected chi connectivity index (χ0v) is 29.8. The van der Waals surface area contributed by atoms with Crippen molar-refractivity contribution >= 4 is 65.9 Å². The average molecular weight is 704 g/mol. The van der Waals surface area contributed by atoms with Gasteiger partial charge >= 0.3 is 0 Å². The van der Waals surface area contributed by atoms with Crippen molar-refractivity contribution in [3.05, 3.63) is 205 Å². The highest BCUT2D eigenvalue weighted by atomic mass is 16.3. The number of nitrogens with one attached hydrogen (secondary N) is 1. The van der Waals surface area contributed by atoms with Crippen molar-refractivity contribution in [2.45, 2.75) is 6.17 Å². The van der Waals surface area contributed by atoms with Gasteiger partial charge in [0.2, 0.25) is 0 Å². The van der Waals surface area contributed by atoms with Crippen LogP contribution in [0.5, 0.6) is 0 Å². The van der Waals surface area contributed by atoms with E-state index in [0.29, 0.717) is 5.84 Å². The molecule has 0 aliphatic carbocycles. The second-order valence-corrected chi connectivity index (χ2v) is 14.2. The lowest BCUT2D eigenvalue weighted by Crippen LogP contribution is -2.33. The van der Waals surface area contributed by atoms with E-state index >= 15 is 0 Å². The standard InChI is InChI=1S/C51H33N3O/c1-2-9-32(10-3-1)33-17-22-36(23-18-33)49-52-50(54-51(53-49)40-27-28-43-37(29-40)25-21-35-11-4-5-12-42(35)43)39-26-20-34-19-24-38(30-41(34)31-39)44-14-8-16-47-48(44)45-13-6-7-15-46(45)55-47/h1-31,49H,(H,52,53,54). The maximum absolute atomic E-state index is 6.23. The summed E-state index contributed by atoms with van der Waals surface area (Å²) < 4.78 is 6.23. The third-order valence-electron chi connectivity index (χ3n) is 10.9. The Bertz CT molecular complexity index is 3170. The fourth-order valence-electron chi connectivity index (χ4n) is 8.11. The molecule has 1 aliphatic heterocycles. The van der Waals surface area contributed by atoms with Crippen molar-refractivity contribution < 1.29 is 4.42 Å². The summed E-state index contributed by atoms with van der Waals surface area (Å²) in [6, 6.07) is 66.5. The zero-order chi connectivity index (χ0) is 36.3. The SMILES string of the molecule is c1ccc(-c2ccc(C3N=C(c4ccc5c(ccc6ccccc65)c4)N=C(c4ccc5ccc(-c6cccc7oc8ccccc8c67)cc5c4)N3)cc2)cc1. The monoisotopic (exact) mass is 703 g/mol. The number of rotatable bonds is 5. The molecule has 0 radical (unpaired) electrons. The molecule has 1 N–H and O–H groups in total. The summed E-state index contributed by atoms with van der Waals surface area (Å²) >= 11 is 0. The van der Waals surface area contributed by atoms with Crippen molar-refractivity contribution in [2.24, 2.45) is 9.98 Å². The molecular weight excluding hydrogens is 671 g/mol. The van der Waals surface area contributed by atoms with E-state index < -0.39 is 0 Å². The number of aliphatic imine (C=N–C) groups is 2. The highest BCUT2D eigenvalue weighted by Gasteiger charge is 2.22. The van der Waals surface area contributed by atoms with Gasteiger partial charge < -0.3 is 9.73 Å². The Labute approximate surface area is 317 Å². The minimum Gasteiger partial charge on any atom is -0.456 e. The average Bonchev–Trinajstić information content (AvgIpc) is 3.65. The van der Waals surface area contributed by atoms with Gasteiger partial charge in [0.15, 0.2) is 5.84 Å². The lowest BCUT2D eigenvalue weighted by molar-refractivity contribution is 0.669. The summed E-state index contributed by atoms with van der Waals surface area (Å²) in [5.74, 6) is 1.49. The molecule has 4 nitrogen and oxygen atoms in total. The smallest absolute Gasteiger partial charge is 0.159 e. The molecule has 0 saturated carbocycles. The molecule has 2 heterocycles. The van der Waals surface area contributed by atoms with Gasteiger partial charge in [0.1, 0.15) is 23.2 Å². The Hall–Kier alpha value is -7.30. The number of hydrogen-bond acceptors (Lipinski definition) is 4. The molecule has 0 spiro atoms. The van der Waals surface area contributed by atoms with Gasteiger partial charge in [-0.2, -0.15) is 0 Å². The van der Waals surface area contributed by atoms with Crippen LogP contribution in [0.25, 0.3) is 76.5 Å². The second kappa shape index (κ2) is 12.7. The summed E-state index contributed by atoms with van der Waals surface area (Å²) in [6.07, 6.45) is -0.325. The molecule has 1 unspecified atom stereocenters. The number of para-hydroxylation sites is 1. The molecule has 0 fully saturated rings. The van der Waals surface area contributed by atoms with Gasteiger partial charge in [-0.05, 0) is 90.5 Å². The Balaban J connectivity index is 1.02. The van der Waals surface area contributed by atoms with E-state index in [-0.39, 0.29) is 6.17 Å². The largest absolute Gasteiger partial charge is 0.456 e. The highest BCUT2D eigenvalue weighted by molar-refractivity contribution is 6.17. The lowest BCUT2D eigenvalue weighted by Gasteiger charge is -2.24. The van der Waals surface area contributed by atoms with Crippen molar-refractivity contribution in [3.63, 3.8) is 0 Å². The molecule has 55 heavy (non-hydrogen) atoms. The van der Waals surface area contributed by atoms with Crippen LogP contribution in [0.3, 0.4) is 0 Å². The van der Waals surface area contributed by atoms with Crippen LogP contribution < -0.4 is 5.32 Å². The molecule has 4 heteroatoms. The van der Waals surface area contributed by atoms with Gasteiger partial charge in [-0.1, -0.05) is 158 Å². The van der Waals surface area contributed by atoms with Crippen LogP contribution in [-0.2, 0) is 0 Å². The summed E-state index contributed by atoms with van der Waals surface area (Å²) in [7, 11) is 0. The second-order valence-electron chi connectivity index (χ2n) is 14.2. The predicted molar refractivity (Wildman–Crippen MR) is 229 cm³/mol. The fourth-order valence-corrected chi connectivity index (χ4v) is 8.11. The van der Waals surface area contributed by atoms with Gasteiger partial charge in [0.25, 0.3) is 0 Å². The topological polar surface area (TPSA) is 49.9 Å². The molecule has 0 amide bonds. The summed E-state index contributed by atoms with van der Waals surface area (Å²) in [5, 5.41) is 13.1. The molecule has 1 aromatic heterocycles. The van der Waals surface area contributed by atoms with Gasteiger partial charge in [0.05, 0.1) is 0 Å². The van der Waals surface area contributed by atoms with E-state index in [9.17, 15) is 0 Å². The van der Waals surface area contributed by atoms with Crippen molar-refractivity contribution in [3.8, 4) is 22.3 Å². The van der Waals surface area contributed by atoms with Gasteiger partial charge in [-0.15, -0.1) is 0 Å². The van der Waals surface area contributed by atoms with E-state index in [0.717, 1.165) is 71.8 Å². The first kappa shape index (κ1) is 31.2. The van der Waals surface area contributed by atoms with Crippen LogP contribution in [0.2, 0.25) is 0 Å². The first-order chi connectivity index (χ1) is 27.2. The fraction of sp³-hybridized carbons (Fsp3) is 0.0196. The molecule has 0 saturated heterocycles. The van der Waals surface area contributed by atoms with Crippen LogP contribution in [-0.4, -0.2) is 11.7 Å². The van der Waals surface area contributed by atoms with Gasteiger partial charge in [-0.25, -0.2) is 9.98 Å². The number of hydrogen-bond donors (Lipinski definition) is 1. The number of amidine groups is 2. The van der Waals surface area contributed by atoms with Crippen LogP contribution in [0, 0.1) is 0 Å². The van der Waals surface area contributed by atoms with Crippen molar-refractivity contribution in [1.29, 1.82) is 0 Å². The highest BCUT2D eigenvalue weighted by Crippen LogP contribution is 2.38. The first-order valence-corrected chi connectivity index (χ1v) is 18.7. The Kier molecular flexibility index (Phi) is 7.20. The minimum atomic E-state index is -0.325. The van der Waals surface area contributed by atoms with Crippen LogP contribution in [0.15, 0.2) is 202 Å². The maximum Gasteiger partial charge on any atom is 0.159 e. The molecule has 10 aromatic rings. The number of benzene rings is 9. The predicted octanol–water partition coefficient (Wildman–Crippen LogP) is 12.9. The summed E-state index contributed by atoms with van der Waals surface area (Å²) in [4.78, 5) is 10.5. The Morgan fingerprint density at radius 3 is 1.95 bits per heavy atom. The number of fused-ring (bicyclic) bond motifs is 7. The molecule has 9 aromatic carbocycles. The Morgan fingerprint density at radius 2 is 1.05 bits per heavy atom. The third-order valence-corrected chi connectivity index (χ3v) is 10.9. The number of furan rings is 1. The van der Waals surface area contributed by atoms with E-state index in [1.807, 2.05) is 24.3 Å². The molecule has 1 atom stereocenters. The van der Waals surface area contributed by atoms with Crippen molar-refractivity contribution in [2.75, 3.05) is 0 Å². The van der Waals surface area contributed by atoms with Gasteiger partial charge in [0, 0.05) is 21.9 Å². The molecule has 258 valence electrons. The quantitative estimate of drug-likeness (QED) is 0.181. The molecular formula is C51H33N3O. The normalized spacial score (nSPS) is 14.4. The van der Waals surface area contributed by atoms with Crippen molar-refractivity contribution in [1.82, 2.24) is 5.32 Å². The maximum atomic E-state index is 6.23. The van der Waals surface area contributed by atoms with E-state index in [1.165, 1.54) is 27.3 Å². The van der Waals surface area contributed by atoms with E-state index in [2.05, 4.69) is 169 Å². The summed E-state index contributed by atoms with van der Waals surface area (Å²) in [5.41, 5.74) is 9.50. The summed E-state index contributed by atoms with van der Waals surface area (Å²) in [6.45, 7) is 0. The van der Waals surface area contributed by atoms with Gasteiger partial charge in [-0.3, -0.25) is 0 Å². The lowest BCUT2D eigenvalue weighted by atomic mass is 9.96. The first-order valence-electron chi connectivity index (χ1n) is 18.7.